The summed E-state index contributed by atoms with van der Waals surface area (Å²) in [6.45, 7) is 0.0156. The summed E-state index contributed by atoms with van der Waals surface area (Å²) in [4.78, 5) is 10.6. The van der Waals surface area contributed by atoms with Crippen LogP contribution in [0.25, 0.3) is 0 Å². The van der Waals surface area contributed by atoms with Gasteiger partial charge in [-0.3, -0.25) is 4.79 Å². The standard InChI is InChI=1S/C12H13F2NO4S/c13-10-4-3-9(6-11(10)14)20(18,19)15-5-1-2-8(7-15)12(16)17/h3-4,6,8H,1-2,5,7H2,(H,16,17). The summed E-state index contributed by atoms with van der Waals surface area (Å²) >= 11 is 0. The van der Waals surface area contributed by atoms with Crippen LogP contribution < -0.4 is 0 Å². The number of nitrogens with zero attached hydrogens (tertiary/aromatic N) is 1. The molecular formula is C12H13F2NO4S. The molecule has 0 spiro atoms. The lowest BCUT2D eigenvalue weighted by Gasteiger charge is -2.29. The van der Waals surface area contributed by atoms with E-state index in [9.17, 15) is 22.0 Å². The molecule has 1 aliphatic heterocycles. The fourth-order valence-electron chi connectivity index (χ4n) is 2.15. The van der Waals surface area contributed by atoms with Crippen molar-refractivity contribution in [1.29, 1.82) is 0 Å². The van der Waals surface area contributed by atoms with Gasteiger partial charge >= 0.3 is 5.97 Å². The highest BCUT2D eigenvalue weighted by molar-refractivity contribution is 7.89. The second kappa shape index (κ2) is 5.45. The van der Waals surface area contributed by atoms with Crippen LogP contribution in [0.5, 0.6) is 0 Å². The van der Waals surface area contributed by atoms with Crippen molar-refractivity contribution < 1.29 is 27.1 Å². The number of hydrogen-bond donors (Lipinski definition) is 1. The highest BCUT2D eigenvalue weighted by atomic mass is 32.2. The molecule has 1 atom stereocenters. The number of rotatable bonds is 3. The highest BCUT2D eigenvalue weighted by Gasteiger charge is 2.33. The zero-order chi connectivity index (χ0) is 14.9. The number of aliphatic carboxylic acids is 1. The van der Waals surface area contributed by atoms with Crippen LogP contribution in [0, 0.1) is 17.6 Å². The molecule has 0 amide bonds. The third-order valence-corrected chi connectivity index (χ3v) is 5.12. The van der Waals surface area contributed by atoms with Crippen LogP contribution in [0.1, 0.15) is 12.8 Å². The minimum Gasteiger partial charge on any atom is -0.481 e. The first-order chi connectivity index (χ1) is 9.32. The normalized spacial score (nSPS) is 20.8. The molecule has 8 heteroatoms. The quantitative estimate of drug-likeness (QED) is 0.917. The second-order valence-corrected chi connectivity index (χ2v) is 6.55. The molecule has 0 aromatic heterocycles. The van der Waals surface area contributed by atoms with E-state index in [2.05, 4.69) is 0 Å². The average Bonchev–Trinajstić information content (AvgIpc) is 2.42. The van der Waals surface area contributed by atoms with E-state index in [1.54, 1.807) is 0 Å². The van der Waals surface area contributed by atoms with Gasteiger partial charge in [-0.25, -0.2) is 17.2 Å². The lowest BCUT2D eigenvalue weighted by Crippen LogP contribution is -2.42. The van der Waals surface area contributed by atoms with E-state index in [1.165, 1.54) is 0 Å². The Hall–Kier alpha value is -1.54. The Kier molecular flexibility index (Phi) is 4.05. The predicted octanol–water partition coefficient (Wildman–Crippen LogP) is 1.45. The Balaban J connectivity index is 2.29. The lowest BCUT2D eigenvalue weighted by atomic mass is 10.0. The fraction of sp³-hybridized carbons (Fsp3) is 0.417. The summed E-state index contributed by atoms with van der Waals surface area (Å²) in [7, 11) is -4.00. The summed E-state index contributed by atoms with van der Waals surface area (Å²) in [5.41, 5.74) is 0. The molecule has 0 aliphatic carbocycles. The van der Waals surface area contributed by atoms with Crippen molar-refractivity contribution in [3.63, 3.8) is 0 Å². The van der Waals surface area contributed by atoms with E-state index >= 15 is 0 Å². The molecule has 1 heterocycles. The molecule has 2 rings (SSSR count). The van der Waals surface area contributed by atoms with Gasteiger partial charge in [0.25, 0.3) is 0 Å². The van der Waals surface area contributed by atoms with Gasteiger partial charge < -0.3 is 5.11 Å². The molecule has 1 saturated heterocycles. The van der Waals surface area contributed by atoms with E-state index in [-0.39, 0.29) is 18.0 Å². The molecule has 1 aliphatic rings. The summed E-state index contributed by atoms with van der Waals surface area (Å²) in [5.74, 6) is -4.22. The maximum atomic E-state index is 13.1. The average molecular weight is 305 g/mol. The Morgan fingerprint density at radius 1 is 1.30 bits per heavy atom. The van der Waals surface area contributed by atoms with E-state index in [0.29, 0.717) is 18.9 Å². The Labute approximate surface area is 114 Å². The molecule has 5 nitrogen and oxygen atoms in total. The Bertz CT molecular complexity index is 632. The maximum Gasteiger partial charge on any atom is 0.307 e. The van der Waals surface area contributed by atoms with Crippen molar-refractivity contribution in [3.8, 4) is 0 Å². The Morgan fingerprint density at radius 2 is 2.00 bits per heavy atom. The van der Waals surface area contributed by atoms with Gasteiger partial charge in [-0.1, -0.05) is 0 Å². The van der Waals surface area contributed by atoms with Crippen LogP contribution in [0.15, 0.2) is 23.1 Å². The maximum absolute atomic E-state index is 13.1. The molecule has 0 saturated carbocycles. The molecule has 110 valence electrons. The van der Waals surface area contributed by atoms with Gasteiger partial charge in [-0.15, -0.1) is 0 Å². The number of carboxylic acids is 1. The van der Waals surface area contributed by atoms with Crippen LogP contribution in [0.2, 0.25) is 0 Å². The molecule has 1 aromatic rings. The van der Waals surface area contributed by atoms with Gasteiger partial charge in [0, 0.05) is 13.1 Å². The van der Waals surface area contributed by atoms with Crippen molar-refractivity contribution in [2.75, 3.05) is 13.1 Å². The molecule has 1 N–H and O–H groups in total. The first-order valence-corrected chi connectivity index (χ1v) is 7.44. The summed E-state index contributed by atoms with van der Waals surface area (Å²) < 4.78 is 51.5. The molecule has 1 aromatic carbocycles. The van der Waals surface area contributed by atoms with E-state index in [4.69, 9.17) is 5.11 Å². The number of sulfonamides is 1. The zero-order valence-corrected chi connectivity index (χ0v) is 11.2. The summed E-state index contributed by atoms with van der Waals surface area (Å²) in [5, 5.41) is 8.94. The van der Waals surface area contributed by atoms with Crippen LogP contribution >= 0.6 is 0 Å². The first kappa shape index (κ1) is 14.9. The van der Waals surface area contributed by atoms with Crippen molar-refractivity contribution in [2.45, 2.75) is 17.7 Å². The zero-order valence-electron chi connectivity index (χ0n) is 10.4. The second-order valence-electron chi connectivity index (χ2n) is 4.62. The SMILES string of the molecule is O=C(O)C1CCCN(S(=O)(=O)c2ccc(F)c(F)c2)C1. The lowest BCUT2D eigenvalue weighted by molar-refractivity contribution is -0.142. The first-order valence-electron chi connectivity index (χ1n) is 6.00. The van der Waals surface area contributed by atoms with Crippen molar-refractivity contribution >= 4 is 16.0 Å². The van der Waals surface area contributed by atoms with Crippen LogP contribution in [0.3, 0.4) is 0 Å². The van der Waals surface area contributed by atoms with Gasteiger partial charge in [0.05, 0.1) is 10.8 Å². The van der Waals surface area contributed by atoms with Crippen LogP contribution in [-0.2, 0) is 14.8 Å². The van der Waals surface area contributed by atoms with Gasteiger partial charge in [-0.2, -0.15) is 4.31 Å². The number of benzene rings is 1. The fourth-order valence-corrected chi connectivity index (χ4v) is 3.68. The van der Waals surface area contributed by atoms with Crippen LogP contribution in [-0.4, -0.2) is 36.9 Å². The third kappa shape index (κ3) is 2.80. The van der Waals surface area contributed by atoms with Crippen LogP contribution in [0.4, 0.5) is 8.78 Å². The number of halogens is 2. The number of piperidine rings is 1. The van der Waals surface area contributed by atoms with Crippen molar-refractivity contribution in [3.05, 3.63) is 29.8 Å². The number of hydrogen-bond acceptors (Lipinski definition) is 3. The summed E-state index contributed by atoms with van der Waals surface area (Å²) in [6, 6.07) is 2.31. The molecule has 1 fully saturated rings. The highest BCUT2D eigenvalue weighted by Crippen LogP contribution is 2.24. The van der Waals surface area contributed by atoms with E-state index in [0.717, 1.165) is 16.4 Å². The smallest absolute Gasteiger partial charge is 0.307 e. The van der Waals surface area contributed by atoms with Crippen molar-refractivity contribution in [1.82, 2.24) is 4.31 Å². The van der Waals surface area contributed by atoms with Gasteiger partial charge in [-0.05, 0) is 31.0 Å². The van der Waals surface area contributed by atoms with E-state index in [1.807, 2.05) is 0 Å². The monoisotopic (exact) mass is 305 g/mol. The Morgan fingerprint density at radius 3 is 2.60 bits per heavy atom. The minimum absolute atomic E-state index is 0.156. The van der Waals surface area contributed by atoms with Gasteiger partial charge in [0.15, 0.2) is 11.6 Å². The van der Waals surface area contributed by atoms with E-state index < -0.39 is 33.5 Å². The molecule has 0 radical (unpaired) electrons. The van der Waals surface area contributed by atoms with Gasteiger partial charge in [0.2, 0.25) is 10.0 Å². The molecular weight excluding hydrogens is 292 g/mol. The minimum atomic E-state index is -4.00. The molecule has 0 bridgehead atoms. The van der Waals surface area contributed by atoms with Gasteiger partial charge in [0.1, 0.15) is 0 Å². The largest absolute Gasteiger partial charge is 0.481 e. The summed E-state index contributed by atoms with van der Waals surface area (Å²) in [6.07, 6.45) is 0.818. The molecule has 1 unspecified atom stereocenters. The number of carbonyl (C=O) groups is 1. The number of carboxylic acid groups (broad SMARTS) is 1. The third-order valence-electron chi connectivity index (χ3n) is 3.26. The molecule has 20 heavy (non-hydrogen) atoms. The predicted molar refractivity (Wildman–Crippen MR) is 65.5 cm³/mol. The van der Waals surface area contributed by atoms with Crippen molar-refractivity contribution in [2.24, 2.45) is 5.92 Å². The topological polar surface area (TPSA) is 74.7 Å².